The number of carbonyl (C=O) groups is 1. The zero-order valence-electron chi connectivity index (χ0n) is 17.6. The summed E-state index contributed by atoms with van der Waals surface area (Å²) < 4.78 is 6.94. The van der Waals surface area contributed by atoms with E-state index in [1.165, 1.54) is 12.1 Å². The van der Waals surface area contributed by atoms with Gasteiger partial charge in [0.25, 0.3) is 5.69 Å². The van der Waals surface area contributed by atoms with Gasteiger partial charge >= 0.3 is 0 Å². The highest BCUT2D eigenvalue weighted by molar-refractivity contribution is 6.00. The van der Waals surface area contributed by atoms with E-state index in [4.69, 9.17) is 4.74 Å². The molecule has 1 aliphatic carbocycles. The monoisotopic (exact) mass is 431 g/mol. The number of non-ortho nitro benzene ring substituents is 1. The van der Waals surface area contributed by atoms with Crippen LogP contribution in [0.4, 0.5) is 11.6 Å². The summed E-state index contributed by atoms with van der Waals surface area (Å²) in [5, 5.41) is 18.9. The van der Waals surface area contributed by atoms with Gasteiger partial charge in [-0.05, 0) is 54.7 Å². The summed E-state index contributed by atoms with van der Waals surface area (Å²) in [5.74, 6) is 1.98. The molecular formula is C23H21N5O4. The molecule has 1 N–H and O–H groups in total. The summed E-state index contributed by atoms with van der Waals surface area (Å²) in [6, 6.07) is 13.6. The molecule has 2 aromatic carbocycles. The number of anilines is 1. The van der Waals surface area contributed by atoms with Crippen LogP contribution in [-0.4, -0.2) is 32.6 Å². The molecular weight excluding hydrogens is 410 g/mol. The van der Waals surface area contributed by atoms with Gasteiger partial charge in [-0.2, -0.15) is 10.1 Å². The smallest absolute Gasteiger partial charge is 0.269 e. The molecule has 5 rings (SSSR count). The fourth-order valence-electron chi connectivity index (χ4n) is 4.52. The fraction of sp³-hybridized carbons (Fsp3) is 0.261. The summed E-state index contributed by atoms with van der Waals surface area (Å²) >= 11 is 0. The van der Waals surface area contributed by atoms with Crippen molar-refractivity contribution >= 4 is 17.4 Å². The second kappa shape index (κ2) is 7.60. The zero-order valence-corrected chi connectivity index (χ0v) is 17.6. The summed E-state index contributed by atoms with van der Waals surface area (Å²) in [5.41, 5.74) is 3.29. The van der Waals surface area contributed by atoms with Crippen LogP contribution < -0.4 is 10.1 Å². The first-order valence-corrected chi connectivity index (χ1v) is 10.3. The maximum atomic E-state index is 13.4. The van der Waals surface area contributed by atoms with Crippen LogP contribution in [0.15, 0.2) is 59.8 Å². The van der Waals surface area contributed by atoms with Crippen molar-refractivity contribution in [2.75, 3.05) is 12.4 Å². The van der Waals surface area contributed by atoms with Gasteiger partial charge in [0.2, 0.25) is 5.95 Å². The third-order valence-corrected chi connectivity index (χ3v) is 6.03. The molecule has 1 aliphatic heterocycles. The molecule has 1 aromatic heterocycles. The number of aromatic nitrogens is 3. The molecule has 0 saturated carbocycles. The van der Waals surface area contributed by atoms with Crippen molar-refractivity contribution in [2.45, 2.75) is 31.7 Å². The maximum Gasteiger partial charge on any atom is 0.269 e. The van der Waals surface area contributed by atoms with E-state index in [1.807, 2.05) is 24.3 Å². The predicted molar refractivity (Wildman–Crippen MR) is 117 cm³/mol. The van der Waals surface area contributed by atoms with Crippen molar-refractivity contribution in [3.8, 4) is 5.75 Å². The average molecular weight is 431 g/mol. The number of methoxy groups -OCH3 is 1. The number of ether oxygens (including phenoxy) is 1. The second-order valence-electron chi connectivity index (χ2n) is 8.00. The van der Waals surface area contributed by atoms with Crippen LogP contribution in [0.3, 0.4) is 0 Å². The standard InChI is InChI=1S/C23H21N5O4/c1-13-24-23-25-19-11-16(14-5-9-18(32-2)10-6-14)12-20(29)21(19)22(27(23)26-13)15-3-7-17(8-4-15)28(30)31/h3-10,16,22H,11-12H2,1-2H3,(H,24,25,26)/t16-,22-/m0/s1. The van der Waals surface area contributed by atoms with E-state index in [-0.39, 0.29) is 17.4 Å². The molecule has 2 heterocycles. The van der Waals surface area contributed by atoms with Gasteiger partial charge in [-0.25, -0.2) is 4.68 Å². The highest BCUT2D eigenvalue weighted by atomic mass is 16.6. The molecule has 2 aliphatic rings. The van der Waals surface area contributed by atoms with Crippen molar-refractivity contribution in [3.05, 3.63) is 86.9 Å². The summed E-state index contributed by atoms with van der Waals surface area (Å²) in [6.45, 7) is 1.79. The Morgan fingerprint density at radius 1 is 1.09 bits per heavy atom. The maximum absolute atomic E-state index is 13.4. The number of benzene rings is 2. The lowest BCUT2D eigenvalue weighted by Crippen LogP contribution is -2.33. The van der Waals surface area contributed by atoms with Crippen LogP contribution >= 0.6 is 0 Å². The van der Waals surface area contributed by atoms with Gasteiger partial charge in [0.05, 0.1) is 12.0 Å². The van der Waals surface area contributed by atoms with E-state index in [1.54, 1.807) is 30.8 Å². The molecule has 0 fully saturated rings. The van der Waals surface area contributed by atoms with E-state index < -0.39 is 11.0 Å². The lowest BCUT2D eigenvalue weighted by Gasteiger charge is -2.35. The Bertz CT molecular complexity index is 1240. The molecule has 0 radical (unpaired) electrons. The number of hydrogen-bond donors (Lipinski definition) is 1. The van der Waals surface area contributed by atoms with E-state index in [2.05, 4.69) is 15.4 Å². The molecule has 0 saturated heterocycles. The lowest BCUT2D eigenvalue weighted by atomic mass is 9.78. The second-order valence-corrected chi connectivity index (χ2v) is 8.00. The quantitative estimate of drug-likeness (QED) is 0.492. The molecule has 162 valence electrons. The minimum atomic E-state index is -0.479. The van der Waals surface area contributed by atoms with Crippen molar-refractivity contribution in [1.29, 1.82) is 0 Å². The highest BCUT2D eigenvalue weighted by Gasteiger charge is 2.39. The molecule has 0 amide bonds. The van der Waals surface area contributed by atoms with Gasteiger partial charge < -0.3 is 10.1 Å². The van der Waals surface area contributed by atoms with Crippen LogP contribution in [0.5, 0.6) is 5.75 Å². The molecule has 9 nitrogen and oxygen atoms in total. The van der Waals surface area contributed by atoms with Gasteiger partial charge in [0.15, 0.2) is 5.78 Å². The summed E-state index contributed by atoms with van der Waals surface area (Å²) in [7, 11) is 1.62. The number of ketones is 1. The number of hydrogen-bond acceptors (Lipinski definition) is 7. The van der Waals surface area contributed by atoms with Gasteiger partial charge in [-0.1, -0.05) is 12.1 Å². The van der Waals surface area contributed by atoms with Crippen LogP contribution in [-0.2, 0) is 4.79 Å². The zero-order chi connectivity index (χ0) is 22.4. The Morgan fingerprint density at radius 2 is 1.78 bits per heavy atom. The van der Waals surface area contributed by atoms with Crippen molar-refractivity contribution in [1.82, 2.24) is 14.8 Å². The lowest BCUT2D eigenvalue weighted by molar-refractivity contribution is -0.384. The van der Waals surface area contributed by atoms with Crippen LogP contribution in [0.25, 0.3) is 0 Å². The molecule has 2 atom stereocenters. The number of nitrogens with one attached hydrogen (secondary N) is 1. The number of nitro benzene ring substituents is 1. The number of carbonyl (C=O) groups excluding carboxylic acids is 1. The van der Waals surface area contributed by atoms with Crippen molar-refractivity contribution in [3.63, 3.8) is 0 Å². The van der Waals surface area contributed by atoms with Gasteiger partial charge in [0, 0.05) is 29.8 Å². The number of nitro groups is 1. The third kappa shape index (κ3) is 3.31. The topological polar surface area (TPSA) is 112 Å². The number of fused-ring (bicyclic) bond motifs is 1. The Hall–Kier alpha value is -4.01. The van der Waals surface area contributed by atoms with Crippen molar-refractivity contribution < 1.29 is 14.5 Å². The van der Waals surface area contributed by atoms with Gasteiger partial charge in [0.1, 0.15) is 17.6 Å². The first kappa shape index (κ1) is 19.9. The number of allylic oxidation sites excluding steroid dienone is 2. The number of nitrogens with zero attached hydrogens (tertiary/aromatic N) is 4. The minimum Gasteiger partial charge on any atom is -0.497 e. The first-order chi connectivity index (χ1) is 15.4. The van der Waals surface area contributed by atoms with Crippen LogP contribution in [0.1, 0.15) is 41.8 Å². The number of rotatable bonds is 4. The number of Topliss-reactive ketones (excluding diaryl/α,β-unsaturated/α-hetero) is 1. The van der Waals surface area contributed by atoms with E-state index in [0.29, 0.717) is 30.2 Å². The number of aryl methyl sites for hydroxylation is 1. The SMILES string of the molecule is COc1ccc([C@@H]2CC(=O)C3=C(C2)Nc2nc(C)nn2[C@H]3c2ccc([N+](=O)[O-])cc2)cc1. The Labute approximate surface area is 183 Å². The molecule has 9 heteroatoms. The Morgan fingerprint density at radius 3 is 2.44 bits per heavy atom. The molecule has 3 aromatic rings. The van der Waals surface area contributed by atoms with Crippen LogP contribution in [0.2, 0.25) is 0 Å². The minimum absolute atomic E-state index is 0.00132. The fourth-order valence-corrected chi connectivity index (χ4v) is 4.52. The van der Waals surface area contributed by atoms with Gasteiger partial charge in [-0.15, -0.1) is 0 Å². The Kier molecular flexibility index (Phi) is 4.73. The normalized spacial score (nSPS) is 19.8. The molecule has 0 unspecified atom stereocenters. The molecule has 0 bridgehead atoms. The van der Waals surface area contributed by atoms with Crippen LogP contribution in [0, 0.1) is 17.0 Å². The predicted octanol–water partition coefficient (Wildman–Crippen LogP) is 3.92. The summed E-state index contributed by atoms with van der Waals surface area (Å²) in [6.07, 6.45) is 1.03. The van der Waals surface area contributed by atoms with Gasteiger partial charge in [-0.3, -0.25) is 14.9 Å². The average Bonchev–Trinajstić information content (AvgIpc) is 3.17. The molecule has 0 spiro atoms. The Balaban J connectivity index is 1.56. The largest absolute Gasteiger partial charge is 0.497 e. The van der Waals surface area contributed by atoms with E-state index >= 15 is 0 Å². The summed E-state index contributed by atoms with van der Waals surface area (Å²) in [4.78, 5) is 28.5. The van der Waals surface area contributed by atoms with E-state index in [9.17, 15) is 14.9 Å². The first-order valence-electron chi connectivity index (χ1n) is 10.3. The van der Waals surface area contributed by atoms with Crippen molar-refractivity contribution in [2.24, 2.45) is 0 Å². The molecule has 32 heavy (non-hydrogen) atoms. The third-order valence-electron chi connectivity index (χ3n) is 6.03. The highest BCUT2D eigenvalue weighted by Crippen LogP contribution is 2.44. The van der Waals surface area contributed by atoms with E-state index in [0.717, 1.165) is 22.6 Å².